The lowest BCUT2D eigenvalue weighted by atomic mass is 10.0. The van der Waals surface area contributed by atoms with E-state index in [9.17, 15) is 9.59 Å². The maximum atomic E-state index is 11.4. The molecular weight excluding hydrogens is 267 g/mol. The van der Waals surface area contributed by atoms with Gasteiger partial charge in [-0.25, -0.2) is 0 Å². The summed E-state index contributed by atoms with van der Waals surface area (Å²) in [6.45, 7) is 1.74. The van der Waals surface area contributed by atoms with E-state index in [0.717, 1.165) is 4.47 Å². The molecule has 14 heavy (non-hydrogen) atoms. The first-order valence-electron chi connectivity index (χ1n) is 4.08. The zero-order valence-corrected chi connectivity index (χ0v) is 9.85. The van der Waals surface area contributed by atoms with Crippen LogP contribution in [0.1, 0.15) is 34.1 Å². The van der Waals surface area contributed by atoms with Crippen LogP contribution >= 0.6 is 27.5 Å². The van der Waals surface area contributed by atoms with Crippen molar-refractivity contribution in [3.05, 3.63) is 33.8 Å². The molecule has 0 spiro atoms. The molecule has 0 atom stereocenters. The smallest absolute Gasteiger partial charge is 0.253 e. The van der Waals surface area contributed by atoms with Gasteiger partial charge in [0.2, 0.25) is 0 Å². The second-order valence-electron chi connectivity index (χ2n) is 2.74. The van der Waals surface area contributed by atoms with Crippen LogP contribution in [0.4, 0.5) is 0 Å². The van der Waals surface area contributed by atoms with Gasteiger partial charge in [-0.15, -0.1) is 0 Å². The van der Waals surface area contributed by atoms with Gasteiger partial charge in [0.1, 0.15) is 0 Å². The molecule has 0 radical (unpaired) electrons. The van der Waals surface area contributed by atoms with E-state index in [4.69, 9.17) is 11.6 Å². The van der Waals surface area contributed by atoms with Gasteiger partial charge in [-0.1, -0.05) is 22.9 Å². The largest absolute Gasteiger partial charge is 0.294 e. The van der Waals surface area contributed by atoms with Crippen molar-refractivity contribution >= 4 is 38.6 Å². The van der Waals surface area contributed by atoms with E-state index >= 15 is 0 Å². The fraction of sp³-hybridized carbons (Fsp3) is 0.200. The zero-order chi connectivity index (χ0) is 10.7. The maximum Gasteiger partial charge on any atom is 0.253 e. The Morgan fingerprint density at radius 2 is 2.00 bits per heavy atom. The topological polar surface area (TPSA) is 34.1 Å². The second-order valence-corrected chi connectivity index (χ2v) is 4.00. The van der Waals surface area contributed by atoms with E-state index in [2.05, 4.69) is 15.9 Å². The van der Waals surface area contributed by atoms with Crippen molar-refractivity contribution in [3.63, 3.8) is 0 Å². The number of carbonyl (C=O) groups is 2. The summed E-state index contributed by atoms with van der Waals surface area (Å²) in [4.78, 5) is 22.5. The molecule has 0 heterocycles. The third-order valence-electron chi connectivity index (χ3n) is 1.81. The maximum absolute atomic E-state index is 11.4. The fourth-order valence-electron chi connectivity index (χ4n) is 1.11. The summed E-state index contributed by atoms with van der Waals surface area (Å²) in [7, 11) is 0. The molecule has 0 N–H and O–H groups in total. The number of rotatable bonds is 3. The molecule has 0 aliphatic rings. The zero-order valence-electron chi connectivity index (χ0n) is 7.51. The lowest BCUT2D eigenvalue weighted by molar-refractivity contribution is 0.0978. The first kappa shape index (κ1) is 11.4. The fourth-order valence-corrected chi connectivity index (χ4v) is 1.63. The van der Waals surface area contributed by atoms with Gasteiger partial charge in [-0.2, -0.15) is 0 Å². The number of ketones is 1. The van der Waals surface area contributed by atoms with Crippen LogP contribution in [0.2, 0.25) is 0 Å². The third kappa shape index (κ3) is 2.42. The van der Waals surface area contributed by atoms with Crippen LogP contribution in [0.25, 0.3) is 0 Å². The number of carbonyl (C=O) groups excluding carboxylic acids is 2. The van der Waals surface area contributed by atoms with Crippen LogP contribution in [0.5, 0.6) is 0 Å². The molecule has 0 amide bonds. The Balaban J connectivity index is 3.28. The third-order valence-corrected chi connectivity index (χ3v) is 2.51. The Hall–Kier alpha value is -0.670. The molecule has 0 bridgehead atoms. The summed E-state index contributed by atoms with van der Waals surface area (Å²) in [6, 6.07) is 4.87. The minimum atomic E-state index is -0.608. The Labute approximate surface area is 95.4 Å². The number of Topliss-reactive ketones (excluding diaryl/α,β-unsaturated/α-hetero) is 1. The first-order chi connectivity index (χ1) is 6.56. The highest BCUT2D eigenvalue weighted by Gasteiger charge is 2.14. The molecule has 74 valence electrons. The van der Waals surface area contributed by atoms with E-state index in [1.807, 2.05) is 0 Å². The second kappa shape index (κ2) is 4.71. The summed E-state index contributed by atoms with van der Waals surface area (Å²) < 4.78 is 0.731. The highest BCUT2D eigenvalue weighted by molar-refractivity contribution is 9.10. The predicted octanol–water partition coefficient (Wildman–Crippen LogP) is 3.42. The van der Waals surface area contributed by atoms with E-state index in [1.54, 1.807) is 25.1 Å². The van der Waals surface area contributed by atoms with Crippen molar-refractivity contribution in [2.75, 3.05) is 0 Å². The minimum absolute atomic E-state index is 0.0819. The Bertz CT molecular complexity index is 388. The Morgan fingerprint density at radius 3 is 2.50 bits per heavy atom. The van der Waals surface area contributed by atoms with Crippen molar-refractivity contribution in [2.24, 2.45) is 0 Å². The number of hydrogen-bond acceptors (Lipinski definition) is 2. The molecule has 0 aliphatic carbocycles. The number of halogens is 2. The molecule has 1 aromatic rings. The van der Waals surface area contributed by atoms with Crippen LogP contribution in [0.3, 0.4) is 0 Å². The van der Waals surface area contributed by atoms with E-state index in [-0.39, 0.29) is 11.3 Å². The predicted molar refractivity (Wildman–Crippen MR) is 58.9 cm³/mol. The highest BCUT2D eigenvalue weighted by Crippen LogP contribution is 2.19. The summed E-state index contributed by atoms with van der Waals surface area (Å²) >= 11 is 8.58. The van der Waals surface area contributed by atoms with Crippen molar-refractivity contribution in [2.45, 2.75) is 13.3 Å². The lowest BCUT2D eigenvalue weighted by Gasteiger charge is -2.03. The lowest BCUT2D eigenvalue weighted by Crippen LogP contribution is -2.04. The summed E-state index contributed by atoms with van der Waals surface area (Å²) in [5, 5.41) is -0.608. The van der Waals surface area contributed by atoms with Crippen molar-refractivity contribution in [1.82, 2.24) is 0 Å². The SMILES string of the molecule is CCC(=O)c1ccc(Br)cc1C(=O)Cl. The molecule has 0 unspecified atom stereocenters. The van der Waals surface area contributed by atoms with Gasteiger partial charge in [0, 0.05) is 22.0 Å². The summed E-state index contributed by atoms with van der Waals surface area (Å²) in [5.74, 6) is -0.0819. The molecule has 1 aromatic carbocycles. The Morgan fingerprint density at radius 1 is 1.36 bits per heavy atom. The molecule has 2 nitrogen and oxygen atoms in total. The van der Waals surface area contributed by atoms with E-state index < -0.39 is 5.24 Å². The van der Waals surface area contributed by atoms with Gasteiger partial charge in [0.25, 0.3) is 5.24 Å². The van der Waals surface area contributed by atoms with Crippen LogP contribution in [0, 0.1) is 0 Å². The highest BCUT2D eigenvalue weighted by atomic mass is 79.9. The van der Waals surface area contributed by atoms with Crippen molar-refractivity contribution in [1.29, 1.82) is 0 Å². The molecule has 0 aromatic heterocycles. The first-order valence-corrected chi connectivity index (χ1v) is 5.26. The minimum Gasteiger partial charge on any atom is -0.294 e. The standard InChI is InChI=1S/C10H8BrClO2/c1-2-9(13)7-4-3-6(11)5-8(7)10(12)14/h3-5H,2H2,1H3. The molecular formula is C10H8BrClO2. The normalized spacial score (nSPS) is 9.93. The van der Waals surface area contributed by atoms with Gasteiger partial charge in [0.05, 0.1) is 0 Å². The molecule has 0 fully saturated rings. The Kier molecular flexibility index (Phi) is 3.84. The molecule has 4 heteroatoms. The van der Waals surface area contributed by atoms with Gasteiger partial charge < -0.3 is 0 Å². The number of benzene rings is 1. The van der Waals surface area contributed by atoms with E-state index in [1.165, 1.54) is 0 Å². The molecule has 0 saturated carbocycles. The van der Waals surface area contributed by atoms with Crippen LogP contribution < -0.4 is 0 Å². The molecule has 1 rings (SSSR count). The summed E-state index contributed by atoms with van der Waals surface area (Å²) in [6.07, 6.45) is 0.360. The molecule has 0 saturated heterocycles. The average molecular weight is 276 g/mol. The van der Waals surface area contributed by atoms with Gasteiger partial charge in [0.15, 0.2) is 5.78 Å². The summed E-state index contributed by atoms with van der Waals surface area (Å²) in [5.41, 5.74) is 0.642. The van der Waals surface area contributed by atoms with Crippen molar-refractivity contribution < 1.29 is 9.59 Å². The van der Waals surface area contributed by atoms with Gasteiger partial charge >= 0.3 is 0 Å². The van der Waals surface area contributed by atoms with Crippen LogP contribution in [0.15, 0.2) is 22.7 Å². The molecule has 0 aliphatic heterocycles. The van der Waals surface area contributed by atoms with Crippen LogP contribution in [-0.2, 0) is 0 Å². The van der Waals surface area contributed by atoms with Gasteiger partial charge in [-0.3, -0.25) is 9.59 Å². The van der Waals surface area contributed by atoms with Gasteiger partial charge in [-0.05, 0) is 29.8 Å². The quantitative estimate of drug-likeness (QED) is 0.626. The average Bonchev–Trinajstić information content (AvgIpc) is 2.16. The van der Waals surface area contributed by atoms with E-state index in [0.29, 0.717) is 12.0 Å². The number of hydrogen-bond donors (Lipinski definition) is 0. The monoisotopic (exact) mass is 274 g/mol. The van der Waals surface area contributed by atoms with Crippen molar-refractivity contribution in [3.8, 4) is 0 Å². The van der Waals surface area contributed by atoms with Crippen LogP contribution in [-0.4, -0.2) is 11.0 Å².